The lowest BCUT2D eigenvalue weighted by Gasteiger charge is -2.24. The summed E-state index contributed by atoms with van der Waals surface area (Å²) in [6, 6.07) is 14.9. The van der Waals surface area contributed by atoms with Crippen molar-refractivity contribution in [1.29, 1.82) is 0 Å². The molecule has 0 aliphatic carbocycles. The minimum atomic E-state index is -1.73. The van der Waals surface area contributed by atoms with Gasteiger partial charge in [-0.25, -0.2) is 9.59 Å². The van der Waals surface area contributed by atoms with Gasteiger partial charge in [-0.15, -0.1) is 0 Å². The van der Waals surface area contributed by atoms with Crippen LogP contribution in [0.2, 0.25) is 0 Å². The van der Waals surface area contributed by atoms with Crippen molar-refractivity contribution in [1.82, 2.24) is 0 Å². The van der Waals surface area contributed by atoms with Gasteiger partial charge in [0.1, 0.15) is 5.60 Å². The van der Waals surface area contributed by atoms with Gasteiger partial charge >= 0.3 is 11.9 Å². The van der Waals surface area contributed by atoms with Crippen LogP contribution in [-0.2, 0) is 25.0 Å². The zero-order chi connectivity index (χ0) is 20.9. The van der Waals surface area contributed by atoms with E-state index in [9.17, 15) is 24.6 Å². The Labute approximate surface area is 161 Å². The second kappa shape index (κ2) is 8.49. The first-order valence-corrected chi connectivity index (χ1v) is 8.37. The molecule has 2 rings (SSSR count). The molecule has 146 valence electrons. The minimum absolute atomic E-state index is 0.0297. The van der Waals surface area contributed by atoms with Crippen molar-refractivity contribution < 1.29 is 34.4 Å². The third kappa shape index (κ3) is 4.83. The van der Waals surface area contributed by atoms with Crippen molar-refractivity contribution in [2.45, 2.75) is 26.4 Å². The highest BCUT2D eigenvalue weighted by molar-refractivity contribution is 6.26. The quantitative estimate of drug-likeness (QED) is 0.136. The van der Waals surface area contributed by atoms with Crippen LogP contribution < -0.4 is 0 Å². The molecular weight excluding hydrogens is 364 g/mol. The standard InChI is InChI=1S/C21H20O7/c1-13-8-7-9-14(12-13)17(22)16(19(23)24)18(20(25)26)27-28-21(2,3)15-10-5-4-6-11-15/h4-12H,1-3H3,(H,23,24)(H,25,26). The van der Waals surface area contributed by atoms with Gasteiger partial charge in [0.05, 0.1) is 0 Å². The molecule has 0 saturated carbocycles. The average molecular weight is 384 g/mol. The predicted molar refractivity (Wildman–Crippen MR) is 99.4 cm³/mol. The summed E-state index contributed by atoms with van der Waals surface area (Å²) in [5.74, 6) is -5.55. The molecule has 0 atom stereocenters. The molecule has 0 aliphatic rings. The highest BCUT2D eigenvalue weighted by Crippen LogP contribution is 2.27. The Kier molecular flexibility index (Phi) is 6.33. The first-order valence-electron chi connectivity index (χ1n) is 8.37. The lowest BCUT2D eigenvalue weighted by atomic mass is 9.99. The molecule has 0 aromatic heterocycles. The van der Waals surface area contributed by atoms with Crippen LogP contribution in [0.3, 0.4) is 0 Å². The van der Waals surface area contributed by atoms with Crippen LogP contribution in [0, 0.1) is 6.92 Å². The van der Waals surface area contributed by atoms with Gasteiger partial charge < -0.3 is 15.1 Å². The van der Waals surface area contributed by atoms with Crippen molar-refractivity contribution in [3.63, 3.8) is 0 Å². The molecule has 0 aliphatic heterocycles. The number of carbonyl (C=O) groups excluding carboxylic acids is 1. The Morgan fingerprint density at radius 1 is 0.893 bits per heavy atom. The Bertz CT molecular complexity index is 927. The van der Waals surface area contributed by atoms with Crippen molar-refractivity contribution in [2.75, 3.05) is 0 Å². The van der Waals surface area contributed by atoms with E-state index in [1.54, 1.807) is 63.2 Å². The minimum Gasteiger partial charge on any atom is -0.477 e. The number of aliphatic carboxylic acids is 2. The third-order valence-electron chi connectivity index (χ3n) is 3.94. The maximum Gasteiger partial charge on any atom is 0.376 e. The van der Waals surface area contributed by atoms with E-state index < -0.39 is 34.7 Å². The highest BCUT2D eigenvalue weighted by atomic mass is 17.2. The van der Waals surface area contributed by atoms with Crippen molar-refractivity contribution in [3.8, 4) is 0 Å². The maximum absolute atomic E-state index is 12.6. The summed E-state index contributed by atoms with van der Waals surface area (Å²) >= 11 is 0. The number of carboxylic acid groups (broad SMARTS) is 2. The molecular formula is C21H20O7. The zero-order valence-corrected chi connectivity index (χ0v) is 15.6. The Balaban J connectivity index is 2.41. The average Bonchev–Trinajstić information content (AvgIpc) is 2.64. The van der Waals surface area contributed by atoms with Crippen LogP contribution in [0.4, 0.5) is 0 Å². The molecule has 2 N–H and O–H groups in total. The Morgan fingerprint density at radius 2 is 1.54 bits per heavy atom. The number of aryl methyl sites for hydroxylation is 1. The summed E-state index contributed by atoms with van der Waals surface area (Å²) in [6.45, 7) is 4.95. The molecule has 0 amide bonds. The van der Waals surface area contributed by atoms with Gasteiger partial charge in [-0.3, -0.25) is 4.79 Å². The van der Waals surface area contributed by atoms with E-state index in [-0.39, 0.29) is 5.56 Å². The number of hydrogen-bond donors (Lipinski definition) is 2. The van der Waals surface area contributed by atoms with Crippen LogP contribution in [-0.4, -0.2) is 27.9 Å². The number of hydrogen-bond acceptors (Lipinski definition) is 5. The van der Waals surface area contributed by atoms with E-state index in [0.717, 1.165) is 5.56 Å². The first kappa shape index (κ1) is 20.9. The SMILES string of the molecule is Cc1cccc(C(=O)C(C(=O)O)=C(OOC(C)(C)c2ccccc2)C(=O)O)c1. The second-order valence-corrected chi connectivity index (χ2v) is 6.56. The third-order valence-corrected chi connectivity index (χ3v) is 3.94. The molecule has 0 heterocycles. The van der Waals surface area contributed by atoms with Gasteiger partial charge in [-0.2, -0.15) is 4.89 Å². The number of carboxylic acids is 2. The van der Waals surface area contributed by atoms with Gasteiger partial charge in [0, 0.05) is 5.56 Å². The number of ketones is 1. The van der Waals surface area contributed by atoms with Crippen LogP contribution in [0.5, 0.6) is 0 Å². The van der Waals surface area contributed by atoms with Crippen molar-refractivity contribution >= 4 is 17.7 Å². The molecule has 0 fully saturated rings. The number of rotatable bonds is 8. The Hall–Kier alpha value is -3.45. The Morgan fingerprint density at radius 3 is 2.07 bits per heavy atom. The molecule has 7 heteroatoms. The molecule has 0 unspecified atom stereocenters. The summed E-state index contributed by atoms with van der Waals surface area (Å²) in [7, 11) is 0. The van der Waals surface area contributed by atoms with Crippen LogP contribution in [0.15, 0.2) is 65.9 Å². The number of benzene rings is 2. The van der Waals surface area contributed by atoms with Gasteiger partial charge in [0.2, 0.25) is 5.78 Å². The second-order valence-electron chi connectivity index (χ2n) is 6.56. The fraction of sp³-hybridized carbons (Fsp3) is 0.190. The van der Waals surface area contributed by atoms with Crippen LogP contribution in [0.25, 0.3) is 0 Å². The van der Waals surface area contributed by atoms with E-state index in [1.165, 1.54) is 12.1 Å². The van der Waals surface area contributed by atoms with E-state index >= 15 is 0 Å². The zero-order valence-electron chi connectivity index (χ0n) is 15.6. The molecule has 0 bridgehead atoms. The predicted octanol–water partition coefficient (Wildman–Crippen LogP) is 3.48. The molecule has 7 nitrogen and oxygen atoms in total. The summed E-state index contributed by atoms with van der Waals surface area (Å²) in [6.07, 6.45) is 0. The van der Waals surface area contributed by atoms with Crippen molar-refractivity contribution in [2.24, 2.45) is 0 Å². The molecule has 0 radical (unpaired) electrons. The van der Waals surface area contributed by atoms with Crippen LogP contribution >= 0.6 is 0 Å². The van der Waals surface area contributed by atoms with Gasteiger partial charge in [0.15, 0.2) is 5.57 Å². The van der Waals surface area contributed by atoms with E-state index in [0.29, 0.717) is 5.56 Å². The topological polar surface area (TPSA) is 110 Å². The molecule has 2 aromatic rings. The summed E-state index contributed by atoms with van der Waals surface area (Å²) < 4.78 is 0. The summed E-state index contributed by atoms with van der Waals surface area (Å²) in [5.41, 5.74) is -0.710. The highest BCUT2D eigenvalue weighted by Gasteiger charge is 2.33. The molecule has 0 spiro atoms. The number of carbonyl (C=O) groups is 3. The number of Topliss-reactive ketones (excluding diaryl/α,β-unsaturated/α-hetero) is 1. The molecule has 28 heavy (non-hydrogen) atoms. The summed E-state index contributed by atoms with van der Waals surface area (Å²) in [5, 5.41) is 18.9. The van der Waals surface area contributed by atoms with Crippen molar-refractivity contribution in [3.05, 3.63) is 82.6 Å². The first-order chi connectivity index (χ1) is 13.1. The van der Waals surface area contributed by atoms with Gasteiger partial charge in [-0.05, 0) is 32.4 Å². The molecule has 0 saturated heterocycles. The van der Waals surface area contributed by atoms with Crippen LogP contribution in [0.1, 0.15) is 35.3 Å². The van der Waals surface area contributed by atoms with E-state index in [4.69, 9.17) is 9.78 Å². The monoisotopic (exact) mass is 384 g/mol. The van der Waals surface area contributed by atoms with E-state index in [2.05, 4.69) is 0 Å². The summed E-state index contributed by atoms with van der Waals surface area (Å²) in [4.78, 5) is 46.0. The van der Waals surface area contributed by atoms with Gasteiger partial charge in [0.25, 0.3) is 5.76 Å². The maximum atomic E-state index is 12.6. The lowest BCUT2D eigenvalue weighted by Crippen LogP contribution is -2.26. The molecule has 2 aromatic carbocycles. The fourth-order valence-electron chi connectivity index (χ4n) is 2.45. The normalized spacial score (nSPS) is 12.1. The lowest BCUT2D eigenvalue weighted by molar-refractivity contribution is -0.331. The fourth-order valence-corrected chi connectivity index (χ4v) is 2.45. The largest absolute Gasteiger partial charge is 0.477 e. The van der Waals surface area contributed by atoms with Gasteiger partial charge in [-0.1, -0.05) is 54.1 Å². The van der Waals surface area contributed by atoms with E-state index in [1.807, 2.05) is 0 Å². The smallest absolute Gasteiger partial charge is 0.376 e.